The van der Waals surface area contributed by atoms with E-state index in [4.69, 9.17) is 0 Å². The van der Waals surface area contributed by atoms with Crippen LogP contribution in [0.1, 0.15) is 29.8 Å². The lowest BCUT2D eigenvalue weighted by Gasteiger charge is -2.39. The Morgan fingerprint density at radius 1 is 0.958 bits per heavy atom. The number of rotatable bonds is 2. The molecule has 1 amide bonds. The summed E-state index contributed by atoms with van der Waals surface area (Å²) >= 11 is 0. The topological polar surface area (TPSA) is 75.1 Å². The highest BCUT2D eigenvalue weighted by molar-refractivity contribution is 5.92. The van der Waals surface area contributed by atoms with Crippen molar-refractivity contribution in [3.8, 4) is 0 Å². The average Bonchev–Trinajstić information content (AvgIpc) is 3.07. The fourth-order valence-corrected chi connectivity index (χ4v) is 3.72. The Kier molecular flexibility index (Phi) is 3.84. The number of nitrogens with zero attached hydrogens (tertiary/aromatic N) is 6. The van der Waals surface area contributed by atoms with E-state index < -0.39 is 0 Å². The first-order valence-electron chi connectivity index (χ1n) is 8.33. The second-order valence-corrected chi connectivity index (χ2v) is 6.60. The lowest BCUT2D eigenvalue weighted by molar-refractivity contribution is 0.0604. The first kappa shape index (κ1) is 15.0. The molecular formula is C17H20N6O. The Bertz CT molecular complexity index is 700. The highest BCUT2D eigenvalue weighted by Gasteiger charge is 2.42. The minimum absolute atomic E-state index is 0.0146. The molecule has 0 radical (unpaired) electrons. The molecule has 1 spiro atoms. The number of piperidine rings is 1. The number of carbonyl (C=O) groups is 1. The average molecular weight is 324 g/mol. The van der Waals surface area contributed by atoms with Gasteiger partial charge in [0, 0.05) is 51.0 Å². The van der Waals surface area contributed by atoms with E-state index in [1.165, 1.54) is 6.20 Å². The molecular weight excluding hydrogens is 304 g/mol. The zero-order valence-electron chi connectivity index (χ0n) is 13.5. The lowest BCUT2D eigenvalue weighted by Crippen LogP contribution is -2.44. The molecule has 4 heterocycles. The monoisotopic (exact) mass is 324 g/mol. The van der Waals surface area contributed by atoms with Crippen LogP contribution in [0, 0.1) is 5.41 Å². The van der Waals surface area contributed by atoms with Crippen molar-refractivity contribution >= 4 is 11.9 Å². The molecule has 4 rings (SSSR count). The highest BCUT2D eigenvalue weighted by Crippen LogP contribution is 2.41. The Morgan fingerprint density at radius 2 is 1.71 bits per heavy atom. The van der Waals surface area contributed by atoms with Gasteiger partial charge in [0.1, 0.15) is 5.69 Å². The predicted octanol–water partition coefficient (Wildman–Crippen LogP) is 1.40. The van der Waals surface area contributed by atoms with Crippen LogP contribution in [-0.2, 0) is 0 Å². The van der Waals surface area contributed by atoms with E-state index >= 15 is 0 Å². The highest BCUT2D eigenvalue weighted by atomic mass is 16.2. The minimum Gasteiger partial charge on any atom is -0.340 e. The molecule has 0 aliphatic carbocycles. The van der Waals surface area contributed by atoms with Crippen LogP contribution < -0.4 is 4.90 Å². The Balaban J connectivity index is 1.39. The van der Waals surface area contributed by atoms with Crippen molar-refractivity contribution in [2.45, 2.75) is 19.3 Å². The summed E-state index contributed by atoms with van der Waals surface area (Å²) in [6, 6.07) is 1.84. The van der Waals surface area contributed by atoms with E-state index in [0.29, 0.717) is 5.69 Å². The number of carbonyl (C=O) groups excluding carboxylic acids is 1. The third-order valence-corrected chi connectivity index (χ3v) is 5.17. The van der Waals surface area contributed by atoms with E-state index in [1.807, 2.05) is 11.0 Å². The first-order valence-corrected chi connectivity index (χ1v) is 8.33. The molecule has 0 unspecified atom stereocenters. The molecule has 0 aromatic carbocycles. The molecule has 0 saturated carbocycles. The molecule has 24 heavy (non-hydrogen) atoms. The number of hydrogen-bond acceptors (Lipinski definition) is 6. The van der Waals surface area contributed by atoms with Gasteiger partial charge in [-0.2, -0.15) is 0 Å². The molecule has 2 aliphatic heterocycles. The maximum absolute atomic E-state index is 12.5. The van der Waals surface area contributed by atoms with Crippen molar-refractivity contribution in [1.82, 2.24) is 24.8 Å². The van der Waals surface area contributed by atoms with Crippen LogP contribution in [0.5, 0.6) is 0 Å². The maximum Gasteiger partial charge on any atom is 0.274 e. The van der Waals surface area contributed by atoms with Gasteiger partial charge < -0.3 is 9.80 Å². The zero-order valence-corrected chi connectivity index (χ0v) is 13.5. The zero-order chi connectivity index (χ0) is 16.4. The van der Waals surface area contributed by atoms with Gasteiger partial charge in [0.05, 0.1) is 6.20 Å². The molecule has 2 fully saturated rings. The van der Waals surface area contributed by atoms with Crippen LogP contribution in [-0.4, -0.2) is 56.9 Å². The van der Waals surface area contributed by atoms with Crippen LogP contribution in [0.3, 0.4) is 0 Å². The fourth-order valence-electron chi connectivity index (χ4n) is 3.72. The fraction of sp³-hybridized carbons (Fsp3) is 0.471. The molecule has 0 N–H and O–H groups in total. The van der Waals surface area contributed by atoms with Crippen LogP contribution in [0.25, 0.3) is 0 Å². The summed E-state index contributed by atoms with van der Waals surface area (Å²) in [4.78, 5) is 33.5. The number of likely N-dealkylation sites (tertiary alicyclic amines) is 1. The van der Waals surface area contributed by atoms with E-state index in [2.05, 4.69) is 24.8 Å². The van der Waals surface area contributed by atoms with Crippen molar-refractivity contribution in [3.63, 3.8) is 0 Å². The molecule has 2 aliphatic rings. The van der Waals surface area contributed by atoms with Crippen molar-refractivity contribution in [1.29, 1.82) is 0 Å². The van der Waals surface area contributed by atoms with Crippen molar-refractivity contribution < 1.29 is 4.79 Å². The third kappa shape index (κ3) is 2.81. The quantitative estimate of drug-likeness (QED) is 0.831. The predicted molar refractivity (Wildman–Crippen MR) is 88.5 cm³/mol. The molecule has 2 aromatic rings. The van der Waals surface area contributed by atoms with Crippen LogP contribution in [0.15, 0.2) is 37.1 Å². The SMILES string of the molecule is O=C(c1cnccn1)N1CCC2(CC1)CCN(c1ncccn1)C2. The number of anilines is 1. The maximum atomic E-state index is 12.5. The van der Waals surface area contributed by atoms with Crippen LogP contribution >= 0.6 is 0 Å². The summed E-state index contributed by atoms with van der Waals surface area (Å²) in [6.07, 6.45) is 11.4. The lowest BCUT2D eigenvalue weighted by atomic mass is 9.77. The van der Waals surface area contributed by atoms with Gasteiger partial charge in [-0.3, -0.25) is 9.78 Å². The van der Waals surface area contributed by atoms with Crippen molar-refractivity contribution in [3.05, 3.63) is 42.7 Å². The first-order chi connectivity index (χ1) is 11.8. The molecule has 0 bridgehead atoms. The molecule has 7 nitrogen and oxygen atoms in total. The van der Waals surface area contributed by atoms with Gasteiger partial charge in [-0.1, -0.05) is 0 Å². The van der Waals surface area contributed by atoms with E-state index in [1.54, 1.807) is 24.8 Å². The Labute approximate surface area is 140 Å². The summed E-state index contributed by atoms with van der Waals surface area (Å²) in [7, 11) is 0. The minimum atomic E-state index is -0.0146. The molecule has 2 aromatic heterocycles. The van der Waals surface area contributed by atoms with Gasteiger partial charge in [0.25, 0.3) is 5.91 Å². The normalized spacial score (nSPS) is 19.7. The smallest absolute Gasteiger partial charge is 0.274 e. The molecule has 7 heteroatoms. The summed E-state index contributed by atoms with van der Waals surface area (Å²) in [5, 5.41) is 0. The van der Waals surface area contributed by atoms with Crippen LogP contribution in [0.2, 0.25) is 0 Å². The van der Waals surface area contributed by atoms with Gasteiger partial charge in [-0.05, 0) is 30.7 Å². The van der Waals surface area contributed by atoms with E-state index in [0.717, 1.165) is 51.4 Å². The Hall–Kier alpha value is -2.57. The van der Waals surface area contributed by atoms with E-state index in [9.17, 15) is 4.79 Å². The molecule has 0 atom stereocenters. The second-order valence-electron chi connectivity index (χ2n) is 6.60. The molecule has 2 saturated heterocycles. The summed E-state index contributed by atoms with van der Waals surface area (Å²) in [6.45, 7) is 3.52. The third-order valence-electron chi connectivity index (χ3n) is 5.17. The summed E-state index contributed by atoms with van der Waals surface area (Å²) in [5.41, 5.74) is 0.706. The number of amides is 1. The molecule has 124 valence electrons. The van der Waals surface area contributed by atoms with Gasteiger partial charge in [-0.25, -0.2) is 15.0 Å². The van der Waals surface area contributed by atoms with Gasteiger partial charge in [-0.15, -0.1) is 0 Å². The van der Waals surface area contributed by atoms with E-state index in [-0.39, 0.29) is 11.3 Å². The summed E-state index contributed by atoms with van der Waals surface area (Å²) < 4.78 is 0. The van der Waals surface area contributed by atoms with Gasteiger partial charge in [0.15, 0.2) is 0 Å². The number of hydrogen-bond donors (Lipinski definition) is 0. The van der Waals surface area contributed by atoms with Crippen LogP contribution in [0.4, 0.5) is 5.95 Å². The van der Waals surface area contributed by atoms with Gasteiger partial charge in [0.2, 0.25) is 5.95 Å². The largest absolute Gasteiger partial charge is 0.340 e. The number of aromatic nitrogens is 4. The van der Waals surface area contributed by atoms with Gasteiger partial charge >= 0.3 is 0 Å². The second kappa shape index (κ2) is 6.14. The summed E-state index contributed by atoms with van der Waals surface area (Å²) in [5.74, 6) is 0.798. The van der Waals surface area contributed by atoms with Crippen molar-refractivity contribution in [2.24, 2.45) is 5.41 Å². The van der Waals surface area contributed by atoms with Crippen molar-refractivity contribution in [2.75, 3.05) is 31.1 Å². The Morgan fingerprint density at radius 3 is 2.42 bits per heavy atom. The standard InChI is InChI=1S/C17H20N6O/c24-15(14-12-18-7-8-19-14)22-9-2-17(3-10-22)4-11-23(13-17)16-20-5-1-6-21-16/h1,5-8,12H,2-4,9-11,13H2.